The zero-order chi connectivity index (χ0) is 19.4. The summed E-state index contributed by atoms with van der Waals surface area (Å²) in [6.07, 6.45) is -1.01. The first-order valence-electron chi connectivity index (χ1n) is 8.33. The summed E-state index contributed by atoms with van der Waals surface area (Å²) in [6, 6.07) is 13.1. The number of nitrogens with one attached hydrogen (secondary N) is 1. The lowest BCUT2D eigenvalue weighted by Crippen LogP contribution is -2.45. The minimum atomic E-state index is -2.21. The second-order valence-electron chi connectivity index (χ2n) is 6.27. The molecule has 0 aliphatic carbocycles. The summed E-state index contributed by atoms with van der Waals surface area (Å²) in [6.45, 7) is 0.514. The first-order valence-corrected chi connectivity index (χ1v) is 8.71. The molecule has 2 aromatic rings. The zero-order valence-electron chi connectivity index (χ0n) is 14.3. The van der Waals surface area contributed by atoms with Crippen molar-refractivity contribution in [1.82, 2.24) is 10.2 Å². The van der Waals surface area contributed by atoms with E-state index in [0.29, 0.717) is 12.1 Å². The van der Waals surface area contributed by atoms with Crippen LogP contribution in [0.1, 0.15) is 17.5 Å². The summed E-state index contributed by atoms with van der Waals surface area (Å²) in [7, 11) is 0. The molecule has 0 bridgehead atoms. The van der Waals surface area contributed by atoms with Crippen LogP contribution >= 0.6 is 11.6 Å². The van der Waals surface area contributed by atoms with Gasteiger partial charge < -0.3 is 20.1 Å². The smallest absolute Gasteiger partial charge is 0.407 e. The molecule has 1 saturated heterocycles. The minimum absolute atomic E-state index is 0.0299. The van der Waals surface area contributed by atoms with Crippen molar-refractivity contribution in [2.24, 2.45) is 0 Å². The highest BCUT2D eigenvalue weighted by Crippen LogP contribution is 2.26. The number of alkyl carbamates (subject to hydrolysis) is 1. The third kappa shape index (κ3) is 4.75. The van der Waals surface area contributed by atoms with Gasteiger partial charge in [0.1, 0.15) is 5.82 Å². The van der Waals surface area contributed by atoms with Crippen LogP contribution in [-0.4, -0.2) is 34.3 Å². The van der Waals surface area contributed by atoms with Gasteiger partial charge in [-0.25, -0.2) is 9.18 Å². The third-order valence-electron chi connectivity index (χ3n) is 4.18. The molecule has 0 radical (unpaired) electrons. The summed E-state index contributed by atoms with van der Waals surface area (Å²) in [5.41, 5.74) is 1.33. The van der Waals surface area contributed by atoms with Crippen molar-refractivity contribution in [2.45, 2.75) is 25.3 Å². The first kappa shape index (κ1) is 19.1. The monoisotopic (exact) mass is 392 g/mol. The van der Waals surface area contributed by atoms with Gasteiger partial charge in [-0.2, -0.15) is 0 Å². The Bertz CT molecular complexity index is 829. The van der Waals surface area contributed by atoms with E-state index >= 15 is 0 Å². The molecule has 8 heteroatoms. The molecule has 1 heterocycles. The Morgan fingerprint density at radius 3 is 2.70 bits per heavy atom. The molecule has 2 aromatic carbocycles. The molecule has 27 heavy (non-hydrogen) atoms. The van der Waals surface area contributed by atoms with Gasteiger partial charge in [-0.3, -0.25) is 4.79 Å². The Morgan fingerprint density at radius 1 is 1.26 bits per heavy atom. The van der Waals surface area contributed by atoms with Gasteiger partial charge in [-0.05, 0) is 29.3 Å². The maximum absolute atomic E-state index is 13.3. The molecule has 3 rings (SSSR count). The average Bonchev–Trinajstić information content (AvgIpc) is 2.88. The van der Waals surface area contributed by atoms with Crippen LogP contribution in [0, 0.1) is 5.82 Å². The molecule has 2 N–H and O–H groups in total. The quantitative estimate of drug-likeness (QED) is 0.767. The van der Waals surface area contributed by atoms with E-state index in [9.17, 15) is 19.1 Å². The maximum Gasteiger partial charge on any atom is 0.410 e. The Balaban J connectivity index is 1.56. The number of carbonyl (C=O) groups is 2. The van der Waals surface area contributed by atoms with Gasteiger partial charge in [0, 0.05) is 31.1 Å². The lowest BCUT2D eigenvalue weighted by Gasteiger charge is -2.22. The van der Waals surface area contributed by atoms with Crippen LogP contribution in [-0.2, 0) is 22.6 Å². The Hall–Kier alpha value is -2.64. The highest BCUT2D eigenvalue weighted by Gasteiger charge is 2.48. The molecule has 6 nitrogen and oxygen atoms in total. The lowest BCUT2D eigenvalue weighted by atomic mass is 10.2. The van der Waals surface area contributed by atoms with E-state index < -0.39 is 23.6 Å². The van der Waals surface area contributed by atoms with Crippen LogP contribution in [0.5, 0.6) is 0 Å². The van der Waals surface area contributed by atoms with Gasteiger partial charge in [0.05, 0.1) is 0 Å². The van der Waals surface area contributed by atoms with Crippen LogP contribution in [0.4, 0.5) is 9.18 Å². The number of hydrogen-bond donors (Lipinski definition) is 2. The lowest BCUT2D eigenvalue weighted by molar-refractivity contribution is -0.182. The summed E-state index contributed by atoms with van der Waals surface area (Å²) in [5.74, 6) is -3.41. The van der Waals surface area contributed by atoms with Crippen molar-refractivity contribution in [3.05, 3.63) is 70.5 Å². The van der Waals surface area contributed by atoms with Crippen molar-refractivity contribution in [1.29, 1.82) is 0 Å². The van der Waals surface area contributed by atoms with Crippen LogP contribution in [0.3, 0.4) is 0 Å². The largest absolute Gasteiger partial charge is 0.410 e. The SMILES string of the molecule is O=C(NCc1cc(F)cc(Cl)c1)O[C@]1(O)CCN(Cc2ccccc2)C1=O. The highest BCUT2D eigenvalue weighted by molar-refractivity contribution is 6.30. The van der Waals surface area contributed by atoms with Gasteiger partial charge in [0.15, 0.2) is 0 Å². The number of rotatable bonds is 5. The Labute approximate surface area is 160 Å². The molecule has 1 aliphatic heterocycles. The minimum Gasteiger partial charge on any atom is -0.407 e. The fraction of sp³-hybridized carbons (Fsp3) is 0.263. The van der Waals surface area contributed by atoms with E-state index in [1.165, 1.54) is 17.0 Å². The standard InChI is InChI=1S/C19H18ClFN2O4/c20-15-8-14(9-16(21)10-15)11-22-18(25)27-19(26)6-7-23(17(19)24)12-13-4-2-1-3-5-13/h1-5,8-10,26H,6-7,11-12H2,(H,22,25)/t19-/m1/s1. The Kier molecular flexibility index (Phi) is 5.62. The number of benzene rings is 2. The number of hydrogen-bond acceptors (Lipinski definition) is 4. The van der Waals surface area contributed by atoms with E-state index in [1.54, 1.807) is 0 Å². The van der Waals surface area contributed by atoms with Gasteiger partial charge in [-0.15, -0.1) is 0 Å². The van der Waals surface area contributed by atoms with Crippen molar-refractivity contribution < 1.29 is 23.8 Å². The van der Waals surface area contributed by atoms with Crippen LogP contribution in [0.25, 0.3) is 0 Å². The normalized spacial score (nSPS) is 19.2. The molecule has 0 spiro atoms. The number of halogens is 2. The summed E-state index contributed by atoms with van der Waals surface area (Å²) in [5, 5.41) is 13.0. The topological polar surface area (TPSA) is 78.9 Å². The van der Waals surface area contributed by atoms with Crippen molar-refractivity contribution >= 4 is 23.6 Å². The molecule has 1 fully saturated rings. The predicted octanol–water partition coefficient (Wildman–Crippen LogP) is 2.83. The molecule has 0 aromatic heterocycles. The first-order chi connectivity index (χ1) is 12.9. The summed E-state index contributed by atoms with van der Waals surface area (Å²) >= 11 is 5.75. The average molecular weight is 393 g/mol. The van der Waals surface area contributed by atoms with E-state index in [0.717, 1.165) is 11.6 Å². The fourth-order valence-electron chi connectivity index (χ4n) is 2.87. The Morgan fingerprint density at radius 2 is 2.00 bits per heavy atom. The number of aliphatic hydroxyl groups is 1. The van der Waals surface area contributed by atoms with Crippen LogP contribution in [0.2, 0.25) is 5.02 Å². The number of ether oxygens (including phenoxy) is 1. The van der Waals surface area contributed by atoms with Gasteiger partial charge in [0.25, 0.3) is 11.7 Å². The number of amides is 2. The van der Waals surface area contributed by atoms with Gasteiger partial charge >= 0.3 is 6.09 Å². The van der Waals surface area contributed by atoms with E-state index in [-0.39, 0.29) is 24.5 Å². The molecule has 0 unspecified atom stereocenters. The second kappa shape index (κ2) is 7.94. The number of nitrogens with zero attached hydrogens (tertiary/aromatic N) is 1. The molecule has 2 amide bonds. The molecule has 1 aliphatic rings. The van der Waals surface area contributed by atoms with E-state index in [1.807, 2.05) is 30.3 Å². The maximum atomic E-state index is 13.3. The van der Waals surface area contributed by atoms with E-state index in [4.69, 9.17) is 16.3 Å². The van der Waals surface area contributed by atoms with Crippen molar-refractivity contribution in [2.75, 3.05) is 6.54 Å². The summed E-state index contributed by atoms with van der Waals surface area (Å²) < 4.78 is 18.2. The van der Waals surface area contributed by atoms with Crippen molar-refractivity contribution in [3.63, 3.8) is 0 Å². The molecular weight excluding hydrogens is 375 g/mol. The summed E-state index contributed by atoms with van der Waals surface area (Å²) in [4.78, 5) is 25.8. The highest BCUT2D eigenvalue weighted by atomic mass is 35.5. The zero-order valence-corrected chi connectivity index (χ0v) is 15.1. The van der Waals surface area contributed by atoms with Crippen LogP contribution in [0.15, 0.2) is 48.5 Å². The molecule has 1 atom stereocenters. The molecule has 0 saturated carbocycles. The predicted molar refractivity (Wildman–Crippen MR) is 96.2 cm³/mol. The van der Waals surface area contributed by atoms with Crippen molar-refractivity contribution in [3.8, 4) is 0 Å². The van der Waals surface area contributed by atoms with Gasteiger partial charge in [-0.1, -0.05) is 41.9 Å². The molecular formula is C19H18ClFN2O4. The molecule has 142 valence electrons. The van der Waals surface area contributed by atoms with Gasteiger partial charge in [0.2, 0.25) is 0 Å². The third-order valence-corrected chi connectivity index (χ3v) is 4.40. The number of carbonyl (C=O) groups excluding carboxylic acids is 2. The van der Waals surface area contributed by atoms with Crippen LogP contribution < -0.4 is 5.32 Å². The second-order valence-corrected chi connectivity index (χ2v) is 6.70. The number of likely N-dealkylation sites (tertiary alicyclic amines) is 1. The van der Waals surface area contributed by atoms with E-state index in [2.05, 4.69) is 5.32 Å². The fourth-order valence-corrected chi connectivity index (χ4v) is 3.11.